The van der Waals surface area contributed by atoms with Crippen LogP contribution in [0.2, 0.25) is 0 Å². The summed E-state index contributed by atoms with van der Waals surface area (Å²) in [5, 5.41) is 10.7. The lowest BCUT2D eigenvalue weighted by Crippen LogP contribution is -2.10. The fourth-order valence-electron chi connectivity index (χ4n) is 1.49. The molecule has 7 heteroatoms. The van der Waals surface area contributed by atoms with Crippen LogP contribution in [0.5, 0.6) is 0 Å². The van der Waals surface area contributed by atoms with Crippen molar-refractivity contribution in [2.45, 2.75) is 24.7 Å². The van der Waals surface area contributed by atoms with E-state index in [1.54, 1.807) is 0 Å². The fourth-order valence-corrected chi connectivity index (χ4v) is 2.98. The third kappa shape index (κ3) is 3.63. The number of Topliss-reactive ketones (excluding diaryl/α,β-unsaturated/α-hetero) is 1. The summed E-state index contributed by atoms with van der Waals surface area (Å²) in [5.74, 6) is -0.370. The lowest BCUT2D eigenvalue weighted by molar-refractivity contribution is -0.387. The van der Waals surface area contributed by atoms with Gasteiger partial charge < -0.3 is 4.79 Å². The SMILES string of the molecule is CC(=O)CCCS(=O)(=O)c1ccccc1[N+](=O)[O-]. The van der Waals surface area contributed by atoms with Crippen LogP contribution >= 0.6 is 0 Å². The molecule has 0 aliphatic heterocycles. The Balaban J connectivity index is 2.98. The van der Waals surface area contributed by atoms with Crippen LogP contribution in [0.3, 0.4) is 0 Å². The van der Waals surface area contributed by atoms with Crippen molar-refractivity contribution in [2.24, 2.45) is 0 Å². The molecule has 0 amide bonds. The Bertz CT molecular complexity index is 565. The highest BCUT2D eigenvalue weighted by molar-refractivity contribution is 7.91. The highest BCUT2D eigenvalue weighted by atomic mass is 32.2. The number of carbonyl (C=O) groups is 1. The first-order valence-corrected chi connectivity index (χ1v) is 6.95. The molecule has 0 saturated carbocycles. The van der Waals surface area contributed by atoms with Crippen molar-refractivity contribution >= 4 is 21.3 Å². The van der Waals surface area contributed by atoms with E-state index in [0.717, 1.165) is 6.07 Å². The molecule has 0 spiro atoms. The zero-order valence-corrected chi connectivity index (χ0v) is 10.6. The summed E-state index contributed by atoms with van der Waals surface area (Å²) >= 11 is 0. The lowest BCUT2D eigenvalue weighted by Gasteiger charge is -2.04. The number of sulfone groups is 1. The molecule has 0 aromatic heterocycles. The van der Waals surface area contributed by atoms with Gasteiger partial charge in [0.05, 0.1) is 10.7 Å². The van der Waals surface area contributed by atoms with Gasteiger partial charge in [0.15, 0.2) is 9.84 Å². The lowest BCUT2D eigenvalue weighted by atomic mass is 10.3. The molecule has 0 unspecified atom stereocenters. The van der Waals surface area contributed by atoms with Crippen LogP contribution in [0.1, 0.15) is 19.8 Å². The number of carbonyl (C=O) groups excluding carboxylic acids is 1. The van der Waals surface area contributed by atoms with Crippen LogP contribution in [-0.4, -0.2) is 24.9 Å². The van der Waals surface area contributed by atoms with E-state index in [-0.39, 0.29) is 29.3 Å². The van der Waals surface area contributed by atoms with Crippen LogP contribution in [0, 0.1) is 10.1 Å². The topological polar surface area (TPSA) is 94.3 Å². The van der Waals surface area contributed by atoms with Crippen molar-refractivity contribution in [1.29, 1.82) is 0 Å². The number of nitrogens with zero attached hydrogens (tertiary/aromatic N) is 1. The summed E-state index contributed by atoms with van der Waals surface area (Å²) in [5.41, 5.74) is -0.430. The van der Waals surface area contributed by atoms with Gasteiger partial charge in [-0.1, -0.05) is 12.1 Å². The van der Waals surface area contributed by atoms with Crippen molar-refractivity contribution in [1.82, 2.24) is 0 Å². The van der Waals surface area contributed by atoms with Crippen LogP contribution in [0.25, 0.3) is 0 Å². The molecule has 0 aliphatic rings. The van der Waals surface area contributed by atoms with E-state index in [2.05, 4.69) is 0 Å². The predicted molar refractivity (Wildman–Crippen MR) is 65.1 cm³/mol. The molecule has 0 saturated heterocycles. The Labute approximate surface area is 105 Å². The first kappa shape index (κ1) is 14.3. The molecule has 6 nitrogen and oxygen atoms in total. The Morgan fingerprint density at radius 3 is 2.50 bits per heavy atom. The number of rotatable bonds is 6. The van der Waals surface area contributed by atoms with Gasteiger partial charge in [0.2, 0.25) is 0 Å². The molecule has 98 valence electrons. The average molecular weight is 271 g/mol. The molecule has 0 fully saturated rings. The van der Waals surface area contributed by atoms with Crippen LogP contribution in [0.4, 0.5) is 5.69 Å². The summed E-state index contributed by atoms with van der Waals surface area (Å²) in [6.45, 7) is 1.37. The maximum Gasteiger partial charge on any atom is 0.287 e. The zero-order chi connectivity index (χ0) is 13.8. The monoisotopic (exact) mass is 271 g/mol. The van der Waals surface area contributed by atoms with Gasteiger partial charge >= 0.3 is 0 Å². The van der Waals surface area contributed by atoms with Crippen LogP contribution in [-0.2, 0) is 14.6 Å². The van der Waals surface area contributed by atoms with Gasteiger partial charge in [-0.25, -0.2) is 8.42 Å². The highest BCUT2D eigenvalue weighted by Gasteiger charge is 2.24. The first-order chi connectivity index (χ1) is 8.34. The number of nitro benzene ring substituents is 1. The van der Waals surface area contributed by atoms with Gasteiger partial charge in [0, 0.05) is 12.5 Å². The largest absolute Gasteiger partial charge is 0.300 e. The first-order valence-electron chi connectivity index (χ1n) is 5.30. The number of ketones is 1. The summed E-state index contributed by atoms with van der Waals surface area (Å²) in [4.78, 5) is 20.5. The minimum atomic E-state index is -3.73. The Morgan fingerprint density at radius 1 is 1.33 bits per heavy atom. The Morgan fingerprint density at radius 2 is 1.94 bits per heavy atom. The van der Waals surface area contributed by atoms with Gasteiger partial charge in [0.25, 0.3) is 5.69 Å². The van der Waals surface area contributed by atoms with Gasteiger partial charge in [-0.2, -0.15) is 0 Å². The number of hydrogen-bond acceptors (Lipinski definition) is 5. The molecule has 1 aromatic carbocycles. The van der Waals surface area contributed by atoms with E-state index in [4.69, 9.17) is 0 Å². The van der Waals surface area contributed by atoms with Crippen molar-refractivity contribution < 1.29 is 18.1 Å². The second kappa shape index (κ2) is 5.72. The summed E-state index contributed by atoms with van der Waals surface area (Å²) in [6.07, 6.45) is 0.323. The second-order valence-corrected chi connectivity index (χ2v) is 5.93. The summed E-state index contributed by atoms with van der Waals surface area (Å²) < 4.78 is 23.8. The molecule has 0 radical (unpaired) electrons. The Kier molecular flexibility index (Phi) is 4.55. The minimum Gasteiger partial charge on any atom is -0.300 e. The predicted octanol–water partition coefficient (Wildman–Crippen LogP) is 1.74. The second-order valence-electron chi connectivity index (χ2n) is 3.85. The van der Waals surface area contributed by atoms with Crippen molar-refractivity contribution in [3.05, 3.63) is 34.4 Å². The molecule has 0 atom stereocenters. The summed E-state index contributed by atoms with van der Waals surface area (Å²) in [7, 11) is -3.73. The van der Waals surface area contributed by atoms with Crippen molar-refractivity contribution in [3.63, 3.8) is 0 Å². The van der Waals surface area contributed by atoms with Crippen molar-refractivity contribution in [3.8, 4) is 0 Å². The van der Waals surface area contributed by atoms with Gasteiger partial charge in [-0.15, -0.1) is 0 Å². The molecule has 0 bridgehead atoms. The standard InChI is InChI=1S/C11H13NO5S/c1-9(13)5-4-8-18(16,17)11-7-3-2-6-10(11)12(14)15/h2-3,6-7H,4-5,8H2,1H3. The Hall–Kier alpha value is -1.76. The molecule has 18 heavy (non-hydrogen) atoms. The van der Waals surface area contributed by atoms with Crippen molar-refractivity contribution in [2.75, 3.05) is 5.75 Å². The van der Waals surface area contributed by atoms with E-state index in [1.807, 2.05) is 0 Å². The third-order valence-corrected chi connectivity index (χ3v) is 4.18. The van der Waals surface area contributed by atoms with E-state index < -0.39 is 20.4 Å². The van der Waals surface area contributed by atoms with E-state index in [0.29, 0.717) is 0 Å². The summed E-state index contributed by atoms with van der Waals surface area (Å²) in [6, 6.07) is 5.21. The van der Waals surface area contributed by atoms with E-state index >= 15 is 0 Å². The molecule has 0 aliphatic carbocycles. The molecule has 0 N–H and O–H groups in total. The van der Waals surface area contributed by atoms with E-state index in [1.165, 1.54) is 25.1 Å². The molecule has 1 rings (SSSR count). The number of nitro groups is 1. The normalized spacial score (nSPS) is 11.2. The van der Waals surface area contributed by atoms with Gasteiger partial charge in [-0.3, -0.25) is 10.1 Å². The van der Waals surface area contributed by atoms with E-state index in [9.17, 15) is 23.3 Å². The highest BCUT2D eigenvalue weighted by Crippen LogP contribution is 2.24. The average Bonchev–Trinajstić information content (AvgIpc) is 2.28. The van der Waals surface area contributed by atoms with Crippen LogP contribution in [0.15, 0.2) is 29.2 Å². The number of hydrogen-bond donors (Lipinski definition) is 0. The minimum absolute atomic E-state index is 0.104. The zero-order valence-electron chi connectivity index (χ0n) is 9.83. The van der Waals surface area contributed by atoms with Gasteiger partial charge in [0.1, 0.15) is 10.7 Å². The molecular weight excluding hydrogens is 258 g/mol. The molecule has 0 heterocycles. The third-order valence-electron chi connectivity index (χ3n) is 2.34. The van der Waals surface area contributed by atoms with Crippen LogP contribution < -0.4 is 0 Å². The smallest absolute Gasteiger partial charge is 0.287 e. The number of para-hydroxylation sites is 1. The van der Waals surface area contributed by atoms with Gasteiger partial charge in [-0.05, 0) is 19.4 Å². The quantitative estimate of drug-likeness (QED) is 0.580. The molecule has 1 aromatic rings. The number of benzene rings is 1. The fraction of sp³-hybridized carbons (Fsp3) is 0.364. The maximum atomic E-state index is 11.9. The molecular formula is C11H13NO5S. The maximum absolute atomic E-state index is 11.9.